The predicted octanol–water partition coefficient (Wildman–Crippen LogP) is -0.0189. The number of nitrogens with one attached hydrogen (secondary N) is 2. The molecule has 0 radical (unpaired) electrons. The van der Waals surface area contributed by atoms with Gasteiger partial charge in [-0.05, 0) is 19.1 Å². The second-order valence-corrected chi connectivity index (χ2v) is 4.56. The smallest absolute Gasteiger partial charge is 0.254 e. The molecule has 19 heavy (non-hydrogen) atoms. The second-order valence-electron chi connectivity index (χ2n) is 4.17. The van der Waals surface area contributed by atoms with Crippen LogP contribution in [0.15, 0.2) is 12.1 Å². The Morgan fingerprint density at radius 3 is 3.05 bits per heavy atom. The van der Waals surface area contributed by atoms with E-state index in [0.717, 1.165) is 0 Å². The number of rotatable bonds is 2. The van der Waals surface area contributed by atoms with Crippen molar-refractivity contribution in [3.8, 4) is 0 Å². The molecule has 8 heteroatoms. The zero-order valence-electron chi connectivity index (χ0n) is 10.3. The maximum Gasteiger partial charge on any atom is 0.254 e. The zero-order chi connectivity index (χ0) is 14.0. The van der Waals surface area contributed by atoms with E-state index >= 15 is 0 Å². The molecule has 2 rings (SSSR count). The van der Waals surface area contributed by atoms with E-state index in [1.165, 1.54) is 17.0 Å². The van der Waals surface area contributed by atoms with Crippen LogP contribution in [0, 0.1) is 0 Å². The molecule has 1 aliphatic rings. The molecule has 1 aliphatic heterocycles. The van der Waals surface area contributed by atoms with Crippen molar-refractivity contribution in [3.05, 3.63) is 22.8 Å². The van der Waals surface area contributed by atoms with Gasteiger partial charge in [0.15, 0.2) is 0 Å². The summed E-state index contributed by atoms with van der Waals surface area (Å²) in [4.78, 5) is 29.3. The lowest BCUT2D eigenvalue weighted by atomic mass is 10.1. The van der Waals surface area contributed by atoms with Gasteiger partial charge in [-0.15, -0.1) is 0 Å². The summed E-state index contributed by atoms with van der Waals surface area (Å²) in [5.41, 5.74) is 2.68. The quantitative estimate of drug-likeness (QED) is 0.402. The van der Waals surface area contributed by atoms with Crippen molar-refractivity contribution in [2.75, 3.05) is 18.5 Å². The monoisotopic (exact) mass is 283 g/mol. The highest BCUT2D eigenvalue weighted by Gasteiger charge is 2.30. The molecular formula is C11H14ClN5O2. The van der Waals surface area contributed by atoms with Crippen molar-refractivity contribution in [3.63, 3.8) is 0 Å². The second kappa shape index (κ2) is 5.41. The average molecular weight is 284 g/mol. The number of hydrazine groups is 1. The molecule has 0 spiro atoms. The lowest BCUT2D eigenvalue weighted by Crippen LogP contribution is -2.55. The molecular weight excluding hydrogens is 270 g/mol. The third-order valence-corrected chi connectivity index (χ3v) is 3.14. The van der Waals surface area contributed by atoms with Gasteiger partial charge in [-0.2, -0.15) is 0 Å². The fourth-order valence-electron chi connectivity index (χ4n) is 1.92. The van der Waals surface area contributed by atoms with Crippen molar-refractivity contribution in [2.45, 2.75) is 13.0 Å². The summed E-state index contributed by atoms with van der Waals surface area (Å²) in [6.07, 6.45) is 0. The number of halogens is 1. The summed E-state index contributed by atoms with van der Waals surface area (Å²) >= 11 is 5.82. The van der Waals surface area contributed by atoms with Crippen molar-refractivity contribution in [1.82, 2.24) is 15.2 Å². The molecule has 1 unspecified atom stereocenters. The number of anilines is 1. The lowest BCUT2D eigenvalue weighted by molar-refractivity contribution is -0.127. The van der Waals surface area contributed by atoms with Crippen LogP contribution in [0.4, 0.5) is 5.82 Å². The number of carbonyl (C=O) groups excluding carboxylic acids is 2. The maximum atomic E-state index is 12.4. The molecule has 1 aromatic heterocycles. The molecule has 2 heterocycles. The first-order chi connectivity index (χ1) is 9.02. The molecule has 7 nitrogen and oxygen atoms in total. The summed E-state index contributed by atoms with van der Waals surface area (Å²) in [6.45, 7) is 2.57. The Morgan fingerprint density at radius 2 is 2.37 bits per heavy atom. The van der Waals surface area contributed by atoms with Crippen molar-refractivity contribution in [2.24, 2.45) is 5.84 Å². The van der Waals surface area contributed by atoms with Gasteiger partial charge in [-0.3, -0.25) is 9.59 Å². The van der Waals surface area contributed by atoms with Crippen LogP contribution < -0.4 is 16.6 Å². The van der Waals surface area contributed by atoms with Crippen molar-refractivity contribution in [1.29, 1.82) is 0 Å². The molecule has 4 N–H and O–H groups in total. The third kappa shape index (κ3) is 2.77. The van der Waals surface area contributed by atoms with Crippen LogP contribution in [0.3, 0.4) is 0 Å². The van der Waals surface area contributed by atoms with E-state index in [4.69, 9.17) is 17.4 Å². The van der Waals surface area contributed by atoms with Gasteiger partial charge in [0.25, 0.3) is 5.91 Å². The molecule has 1 saturated heterocycles. The normalized spacial score (nSPS) is 19.0. The highest BCUT2D eigenvalue weighted by atomic mass is 35.5. The zero-order valence-corrected chi connectivity index (χ0v) is 11.1. The van der Waals surface area contributed by atoms with Gasteiger partial charge in [-0.25, -0.2) is 10.8 Å². The van der Waals surface area contributed by atoms with Crippen LogP contribution in [-0.2, 0) is 4.79 Å². The van der Waals surface area contributed by atoms with Crippen LogP contribution in [0.2, 0.25) is 5.15 Å². The largest absolute Gasteiger partial charge is 0.353 e. The Bertz CT molecular complexity index is 522. The molecule has 1 fully saturated rings. The summed E-state index contributed by atoms with van der Waals surface area (Å²) in [7, 11) is 0. The Kier molecular flexibility index (Phi) is 3.87. The number of piperazine rings is 1. The first-order valence-corrected chi connectivity index (χ1v) is 6.13. The first kappa shape index (κ1) is 13.6. The number of amides is 2. The van der Waals surface area contributed by atoms with E-state index in [2.05, 4.69) is 15.7 Å². The first-order valence-electron chi connectivity index (χ1n) is 5.76. The van der Waals surface area contributed by atoms with Crippen molar-refractivity contribution < 1.29 is 9.59 Å². The number of aromatic nitrogens is 1. The number of pyridine rings is 1. The Labute approximate surface area is 115 Å². The van der Waals surface area contributed by atoms with E-state index in [0.29, 0.717) is 24.5 Å². The Hall–Kier alpha value is -1.86. The lowest BCUT2D eigenvalue weighted by Gasteiger charge is -2.32. The third-order valence-electron chi connectivity index (χ3n) is 2.95. The molecule has 0 aliphatic carbocycles. The van der Waals surface area contributed by atoms with E-state index in [1.54, 1.807) is 6.92 Å². The fourth-order valence-corrected chi connectivity index (χ4v) is 2.13. The molecule has 0 aromatic carbocycles. The summed E-state index contributed by atoms with van der Waals surface area (Å²) in [5.74, 6) is 5.11. The molecule has 0 bridgehead atoms. The number of nitrogens with zero attached hydrogens (tertiary/aromatic N) is 2. The number of hydrogen-bond acceptors (Lipinski definition) is 5. The van der Waals surface area contributed by atoms with E-state index in [1.807, 2.05) is 0 Å². The Balaban J connectivity index is 2.28. The summed E-state index contributed by atoms with van der Waals surface area (Å²) in [6, 6.07) is 2.43. The van der Waals surface area contributed by atoms with Crippen LogP contribution in [0.25, 0.3) is 0 Å². The molecule has 2 amide bonds. The fraction of sp³-hybridized carbons (Fsp3) is 0.364. The van der Waals surface area contributed by atoms with Gasteiger partial charge < -0.3 is 15.6 Å². The van der Waals surface area contributed by atoms with E-state index in [9.17, 15) is 9.59 Å². The van der Waals surface area contributed by atoms with Gasteiger partial charge in [0.2, 0.25) is 5.91 Å². The van der Waals surface area contributed by atoms with Gasteiger partial charge in [0, 0.05) is 18.7 Å². The number of hydrogen-bond donors (Lipinski definition) is 3. The van der Waals surface area contributed by atoms with Crippen LogP contribution >= 0.6 is 11.6 Å². The average Bonchev–Trinajstić information content (AvgIpc) is 2.40. The van der Waals surface area contributed by atoms with Gasteiger partial charge >= 0.3 is 0 Å². The minimum atomic E-state index is -0.512. The minimum Gasteiger partial charge on any atom is -0.353 e. The number of nitrogen functional groups attached to an aromatic ring is 1. The van der Waals surface area contributed by atoms with Gasteiger partial charge in [0.05, 0.1) is 0 Å². The van der Waals surface area contributed by atoms with E-state index in [-0.39, 0.29) is 17.0 Å². The number of nitrogens with two attached hydrogens (primary N) is 1. The van der Waals surface area contributed by atoms with Crippen LogP contribution in [0.1, 0.15) is 17.3 Å². The van der Waals surface area contributed by atoms with Crippen LogP contribution in [-0.4, -0.2) is 40.8 Å². The SMILES string of the molecule is CC1C(=O)NCCN1C(=O)c1cc(Cl)nc(NN)c1. The van der Waals surface area contributed by atoms with Gasteiger partial charge in [-0.1, -0.05) is 11.6 Å². The highest BCUT2D eigenvalue weighted by Crippen LogP contribution is 2.17. The minimum absolute atomic E-state index is 0.160. The summed E-state index contributed by atoms with van der Waals surface area (Å²) in [5, 5.41) is 2.86. The van der Waals surface area contributed by atoms with E-state index < -0.39 is 6.04 Å². The maximum absolute atomic E-state index is 12.4. The highest BCUT2D eigenvalue weighted by molar-refractivity contribution is 6.29. The summed E-state index contributed by atoms with van der Waals surface area (Å²) < 4.78 is 0. The van der Waals surface area contributed by atoms with Crippen molar-refractivity contribution >= 4 is 29.2 Å². The molecule has 102 valence electrons. The Morgan fingerprint density at radius 1 is 1.63 bits per heavy atom. The topological polar surface area (TPSA) is 100 Å². The number of carbonyl (C=O) groups is 2. The van der Waals surface area contributed by atoms with Crippen LogP contribution in [0.5, 0.6) is 0 Å². The molecule has 1 aromatic rings. The molecule has 1 atom stereocenters. The predicted molar refractivity (Wildman–Crippen MR) is 70.6 cm³/mol. The molecule has 0 saturated carbocycles. The van der Waals surface area contributed by atoms with Gasteiger partial charge in [0.1, 0.15) is 17.0 Å². The standard InChI is InChI=1S/C11H14ClN5O2/c1-6-10(18)14-2-3-17(6)11(19)7-4-8(12)15-9(5-7)16-13/h4-6H,2-3,13H2,1H3,(H,14,18)(H,15,16).